The number of unbranched alkanes of at least 4 members (excludes halogenated alkanes) is 1. The predicted octanol–water partition coefficient (Wildman–Crippen LogP) is 3.06. The van der Waals surface area contributed by atoms with Crippen LogP contribution in [-0.4, -0.2) is 11.5 Å². The summed E-state index contributed by atoms with van der Waals surface area (Å²) in [6, 6.07) is 4.69. The second-order valence-corrected chi connectivity index (χ2v) is 3.53. The van der Waals surface area contributed by atoms with Crippen molar-refractivity contribution in [2.24, 2.45) is 0 Å². The summed E-state index contributed by atoms with van der Waals surface area (Å²) in [5, 5.41) is 10.6. The Balaban J connectivity index is 2.80. The van der Waals surface area contributed by atoms with Crippen LogP contribution in [0.15, 0.2) is 23.1 Å². The van der Waals surface area contributed by atoms with Gasteiger partial charge in [-0.2, -0.15) is 0 Å². The van der Waals surface area contributed by atoms with Crippen molar-refractivity contribution in [1.29, 1.82) is 0 Å². The molecule has 5 heteroatoms. The van der Waals surface area contributed by atoms with Crippen molar-refractivity contribution in [2.45, 2.75) is 24.7 Å². The van der Waals surface area contributed by atoms with E-state index in [1.807, 2.05) is 0 Å². The van der Waals surface area contributed by atoms with Crippen LogP contribution in [0.4, 0.5) is 5.69 Å². The first kappa shape index (κ1) is 11.8. The van der Waals surface area contributed by atoms with Crippen LogP contribution in [-0.2, 0) is 0 Å². The number of hydrogen-bond donors (Lipinski definition) is 1. The summed E-state index contributed by atoms with van der Waals surface area (Å²) in [6.07, 6.45) is 1.95. The van der Waals surface area contributed by atoms with Gasteiger partial charge in [0.15, 0.2) is 0 Å². The Morgan fingerprint density at radius 2 is 2.27 bits per heavy atom. The van der Waals surface area contributed by atoms with Gasteiger partial charge < -0.3 is 4.74 Å². The van der Waals surface area contributed by atoms with E-state index in [0.717, 1.165) is 12.8 Å². The van der Waals surface area contributed by atoms with Crippen LogP contribution in [0.1, 0.15) is 19.8 Å². The summed E-state index contributed by atoms with van der Waals surface area (Å²) >= 11 is 4.09. The molecule has 0 fully saturated rings. The maximum Gasteiger partial charge on any atom is 0.286 e. The third-order valence-corrected chi connectivity index (χ3v) is 2.38. The van der Waals surface area contributed by atoms with E-state index in [9.17, 15) is 10.1 Å². The number of benzene rings is 1. The van der Waals surface area contributed by atoms with Crippen molar-refractivity contribution < 1.29 is 9.66 Å². The molecule has 0 heterocycles. The molecule has 0 radical (unpaired) electrons. The summed E-state index contributed by atoms with van der Waals surface area (Å²) < 4.78 is 5.39. The molecule has 1 aromatic carbocycles. The maximum atomic E-state index is 10.6. The zero-order chi connectivity index (χ0) is 11.3. The Morgan fingerprint density at radius 1 is 1.53 bits per heavy atom. The summed E-state index contributed by atoms with van der Waals surface area (Å²) in [5.41, 5.74) is -0.0210. The molecule has 15 heavy (non-hydrogen) atoms. The fraction of sp³-hybridized carbons (Fsp3) is 0.400. The van der Waals surface area contributed by atoms with Gasteiger partial charge in [0.2, 0.25) is 0 Å². The van der Waals surface area contributed by atoms with E-state index in [2.05, 4.69) is 19.6 Å². The third kappa shape index (κ3) is 3.13. The molecule has 1 aromatic rings. The van der Waals surface area contributed by atoms with Gasteiger partial charge in [-0.3, -0.25) is 10.1 Å². The SMILES string of the molecule is CCCCOc1cccc([N+](=O)[O-])c1S. The first-order valence-corrected chi connectivity index (χ1v) is 5.20. The van der Waals surface area contributed by atoms with Crippen molar-refractivity contribution in [2.75, 3.05) is 6.61 Å². The normalized spacial score (nSPS) is 10.0. The standard InChI is InChI=1S/C10H13NO3S/c1-2-3-7-14-9-6-4-5-8(10(9)15)11(12)13/h4-6,15H,2-3,7H2,1H3. The lowest BCUT2D eigenvalue weighted by Crippen LogP contribution is -1.99. The number of ether oxygens (including phenoxy) is 1. The molecule has 0 N–H and O–H groups in total. The lowest BCUT2D eigenvalue weighted by Gasteiger charge is -2.07. The van der Waals surface area contributed by atoms with Crippen molar-refractivity contribution in [3.05, 3.63) is 28.3 Å². The molecule has 0 spiro atoms. The van der Waals surface area contributed by atoms with Crippen LogP contribution >= 0.6 is 12.6 Å². The average molecular weight is 227 g/mol. The number of rotatable bonds is 5. The first-order valence-electron chi connectivity index (χ1n) is 4.76. The smallest absolute Gasteiger partial charge is 0.286 e. The van der Waals surface area contributed by atoms with Crippen LogP contribution in [0.2, 0.25) is 0 Å². The fourth-order valence-electron chi connectivity index (χ4n) is 1.10. The van der Waals surface area contributed by atoms with Crippen molar-refractivity contribution in [1.82, 2.24) is 0 Å². The quantitative estimate of drug-likeness (QED) is 0.364. The molecule has 0 saturated carbocycles. The van der Waals surface area contributed by atoms with Crippen molar-refractivity contribution in [3.8, 4) is 5.75 Å². The Labute approximate surface area is 93.8 Å². The van der Waals surface area contributed by atoms with E-state index in [1.54, 1.807) is 12.1 Å². The molecule has 0 aliphatic carbocycles. The van der Waals surface area contributed by atoms with E-state index in [4.69, 9.17) is 4.74 Å². The number of nitro benzene ring substituents is 1. The molecule has 1 rings (SSSR count). The number of nitrogens with zero attached hydrogens (tertiary/aromatic N) is 1. The van der Waals surface area contributed by atoms with Gasteiger partial charge in [0, 0.05) is 6.07 Å². The van der Waals surface area contributed by atoms with Gasteiger partial charge in [-0.15, -0.1) is 12.6 Å². The molecular weight excluding hydrogens is 214 g/mol. The van der Waals surface area contributed by atoms with Gasteiger partial charge in [-0.05, 0) is 12.5 Å². The number of nitro groups is 1. The lowest BCUT2D eigenvalue weighted by atomic mass is 10.3. The molecule has 0 unspecified atom stereocenters. The van der Waals surface area contributed by atoms with E-state index >= 15 is 0 Å². The van der Waals surface area contributed by atoms with E-state index < -0.39 is 4.92 Å². The van der Waals surface area contributed by atoms with E-state index in [-0.39, 0.29) is 5.69 Å². The Bertz CT molecular complexity index is 355. The summed E-state index contributed by atoms with van der Waals surface area (Å²) in [7, 11) is 0. The van der Waals surface area contributed by atoms with Gasteiger partial charge in [0.1, 0.15) is 10.6 Å². The lowest BCUT2D eigenvalue weighted by molar-refractivity contribution is -0.387. The maximum absolute atomic E-state index is 10.6. The fourth-order valence-corrected chi connectivity index (χ4v) is 1.40. The van der Waals surface area contributed by atoms with Crippen LogP contribution in [0.3, 0.4) is 0 Å². The van der Waals surface area contributed by atoms with Gasteiger partial charge in [0.05, 0.1) is 11.5 Å². The molecule has 0 aliphatic heterocycles. The molecule has 82 valence electrons. The highest BCUT2D eigenvalue weighted by atomic mass is 32.1. The molecule has 0 saturated heterocycles. The van der Waals surface area contributed by atoms with Crippen LogP contribution in [0.25, 0.3) is 0 Å². The van der Waals surface area contributed by atoms with Crippen LogP contribution in [0, 0.1) is 10.1 Å². The molecule has 0 bridgehead atoms. The number of thiol groups is 1. The van der Waals surface area contributed by atoms with Gasteiger partial charge >= 0.3 is 0 Å². The second kappa shape index (κ2) is 5.60. The minimum atomic E-state index is -0.463. The second-order valence-electron chi connectivity index (χ2n) is 3.08. The average Bonchev–Trinajstić information content (AvgIpc) is 2.20. The van der Waals surface area contributed by atoms with Crippen LogP contribution < -0.4 is 4.74 Å². The molecule has 0 aromatic heterocycles. The third-order valence-electron chi connectivity index (χ3n) is 1.93. The topological polar surface area (TPSA) is 52.4 Å². The summed E-state index contributed by atoms with van der Waals surface area (Å²) in [4.78, 5) is 10.4. The monoisotopic (exact) mass is 227 g/mol. The minimum absolute atomic E-state index is 0.0210. The van der Waals surface area contributed by atoms with Gasteiger partial charge in [-0.25, -0.2) is 0 Å². The molecule has 0 atom stereocenters. The zero-order valence-electron chi connectivity index (χ0n) is 8.47. The molecular formula is C10H13NO3S. The molecule has 4 nitrogen and oxygen atoms in total. The Morgan fingerprint density at radius 3 is 2.87 bits per heavy atom. The predicted molar refractivity (Wildman–Crippen MR) is 60.8 cm³/mol. The Kier molecular flexibility index (Phi) is 4.42. The Hall–Kier alpha value is -1.23. The molecule has 0 amide bonds. The highest BCUT2D eigenvalue weighted by Gasteiger charge is 2.14. The zero-order valence-corrected chi connectivity index (χ0v) is 9.37. The van der Waals surface area contributed by atoms with Crippen molar-refractivity contribution in [3.63, 3.8) is 0 Å². The largest absolute Gasteiger partial charge is 0.492 e. The highest BCUT2D eigenvalue weighted by molar-refractivity contribution is 7.80. The summed E-state index contributed by atoms with van der Waals surface area (Å²) in [6.45, 7) is 2.61. The molecule has 0 aliphatic rings. The van der Waals surface area contributed by atoms with Gasteiger partial charge in [-0.1, -0.05) is 19.4 Å². The van der Waals surface area contributed by atoms with Crippen LogP contribution in [0.5, 0.6) is 5.75 Å². The summed E-state index contributed by atoms with van der Waals surface area (Å²) in [5.74, 6) is 0.473. The minimum Gasteiger partial charge on any atom is -0.492 e. The highest BCUT2D eigenvalue weighted by Crippen LogP contribution is 2.31. The number of hydrogen-bond acceptors (Lipinski definition) is 4. The first-order chi connectivity index (χ1) is 7.16. The van der Waals surface area contributed by atoms with Gasteiger partial charge in [0.25, 0.3) is 5.69 Å². The van der Waals surface area contributed by atoms with E-state index in [1.165, 1.54) is 6.07 Å². The van der Waals surface area contributed by atoms with E-state index in [0.29, 0.717) is 17.3 Å². The van der Waals surface area contributed by atoms with Crippen molar-refractivity contribution >= 4 is 18.3 Å².